The summed E-state index contributed by atoms with van der Waals surface area (Å²) < 4.78 is 5.29. The zero-order valence-electron chi connectivity index (χ0n) is 9.69. The number of ether oxygens (including phenoxy) is 1. The third-order valence-electron chi connectivity index (χ3n) is 2.85. The van der Waals surface area contributed by atoms with Gasteiger partial charge in [-0.05, 0) is 29.7 Å². The summed E-state index contributed by atoms with van der Waals surface area (Å²) in [6.45, 7) is 3.05. The van der Waals surface area contributed by atoms with E-state index in [2.05, 4.69) is 5.32 Å². The van der Waals surface area contributed by atoms with Crippen molar-refractivity contribution in [2.24, 2.45) is 0 Å². The molecule has 4 heteroatoms. The van der Waals surface area contributed by atoms with E-state index in [0.717, 1.165) is 11.1 Å². The largest absolute Gasteiger partial charge is 0.372 e. The third-order valence-corrected chi connectivity index (χ3v) is 2.85. The summed E-state index contributed by atoms with van der Waals surface area (Å²) in [5, 5.41) is 11.5. The Morgan fingerprint density at radius 1 is 1.53 bits per heavy atom. The van der Waals surface area contributed by atoms with E-state index in [1.54, 1.807) is 6.07 Å². The number of amides is 1. The fourth-order valence-electron chi connectivity index (χ4n) is 1.78. The smallest absolute Gasteiger partial charge is 0.252 e. The molecule has 0 aliphatic carbocycles. The first-order valence-electron chi connectivity index (χ1n) is 5.64. The maximum atomic E-state index is 11.9. The van der Waals surface area contributed by atoms with Crippen molar-refractivity contribution in [1.82, 2.24) is 5.32 Å². The van der Waals surface area contributed by atoms with Gasteiger partial charge in [-0.1, -0.05) is 13.0 Å². The van der Waals surface area contributed by atoms with Crippen LogP contribution in [0, 0.1) is 11.3 Å². The molecule has 1 unspecified atom stereocenters. The van der Waals surface area contributed by atoms with Crippen LogP contribution in [-0.4, -0.2) is 11.9 Å². The number of carbonyl (C=O) groups is 1. The molecule has 1 amide bonds. The maximum Gasteiger partial charge on any atom is 0.252 e. The molecule has 1 aromatic carbocycles. The molecule has 88 valence electrons. The lowest BCUT2D eigenvalue weighted by molar-refractivity contribution is 0.0944. The van der Waals surface area contributed by atoms with Gasteiger partial charge in [0.2, 0.25) is 0 Å². The molecule has 0 spiro atoms. The van der Waals surface area contributed by atoms with E-state index in [0.29, 0.717) is 25.2 Å². The van der Waals surface area contributed by atoms with Crippen LogP contribution < -0.4 is 5.32 Å². The maximum absolute atomic E-state index is 11.9. The molecular formula is C13H14N2O2. The molecule has 1 heterocycles. The summed E-state index contributed by atoms with van der Waals surface area (Å²) in [7, 11) is 0. The second kappa shape index (κ2) is 4.98. The summed E-state index contributed by atoms with van der Waals surface area (Å²) in [4.78, 5) is 11.9. The van der Waals surface area contributed by atoms with Gasteiger partial charge in [-0.15, -0.1) is 0 Å². The fourth-order valence-corrected chi connectivity index (χ4v) is 1.78. The molecule has 4 nitrogen and oxygen atoms in total. The molecule has 0 fully saturated rings. The summed E-state index contributed by atoms with van der Waals surface area (Å²) in [5.41, 5.74) is 2.78. The Morgan fingerprint density at radius 3 is 3.00 bits per heavy atom. The van der Waals surface area contributed by atoms with E-state index in [4.69, 9.17) is 10.00 Å². The van der Waals surface area contributed by atoms with Gasteiger partial charge in [0.15, 0.2) is 0 Å². The van der Waals surface area contributed by atoms with Crippen molar-refractivity contribution in [2.75, 3.05) is 0 Å². The van der Waals surface area contributed by atoms with Crippen LogP contribution in [0.3, 0.4) is 0 Å². The second-order valence-corrected chi connectivity index (χ2v) is 4.04. The first-order valence-corrected chi connectivity index (χ1v) is 5.64. The Morgan fingerprint density at radius 2 is 2.29 bits per heavy atom. The van der Waals surface area contributed by atoms with Crippen LogP contribution in [0.15, 0.2) is 18.2 Å². The molecular weight excluding hydrogens is 216 g/mol. The Labute approximate surface area is 100 Å². The normalized spacial score (nSPS) is 14.8. The zero-order valence-corrected chi connectivity index (χ0v) is 9.69. The average Bonchev–Trinajstić information content (AvgIpc) is 2.82. The highest BCUT2D eigenvalue weighted by Gasteiger charge is 2.15. The number of fused-ring (bicyclic) bond motifs is 1. The van der Waals surface area contributed by atoms with Crippen molar-refractivity contribution in [1.29, 1.82) is 5.26 Å². The average molecular weight is 230 g/mol. The Balaban J connectivity index is 2.12. The summed E-state index contributed by atoms with van der Waals surface area (Å²) in [5.74, 6) is -0.201. The lowest BCUT2D eigenvalue weighted by atomic mass is 10.1. The quantitative estimate of drug-likeness (QED) is 0.860. The first-order chi connectivity index (χ1) is 8.24. The minimum absolute atomic E-state index is 0.201. The van der Waals surface area contributed by atoms with E-state index in [9.17, 15) is 4.79 Å². The van der Waals surface area contributed by atoms with Gasteiger partial charge >= 0.3 is 0 Å². The van der Waals surface area contributed by atoms with Gasteiger partial charge in [0, 0.05) is 5.56 Å². The van der Waals surface area contributed by atoms with Crippen LogP contribution >= 0.6 is 0 Å². The molecule has 0 aromatic heterocycles. The van der Waals surface area contributed by atoms with Crippen LogP contribution in [-0.2, 0) is 18.0 Å². The van der Waals surface area contributed by atoms with Crippen molar-refractivity contribution in [2.45, 2.75) is 32.6 Å². The zero-order chi connectivity index (χ0) is 12.3. The summed E-state index contributed by atoms with van der Waals surface area (Å²) in [6.07, 6.45) is 0.607. The number of nitrogens with zero attached hydrogens (tertiary/aromatic N) is 1. The van der Waals surface area contributed by atoms with Gasteiger partial charge in [-0.25, -0.2) is 0 Å². The van der Waals surface area contributed by atoms with Crippen molar-refractivity contribution in [3.8, 4) is 6.07 Å². The highest BCUT2D eigenvalue weighted by molar-refractivity contribution is 5.94. The molecule has 1 atom stereocenters. The Hall–Kier alpha value is -1.86. The molecule has 0 radical (unpaired) electrons. The highest BCUT2D eigenvalue weighted by atomic mass is 16.5. The second-order valence-electron chi connectivity index (χ2n) is 4.04. The van der Waals surface area contributed by atoms with E-state index < -0.39 is 6.04 Å². The highest BCUT2D eigenvalue weighted by Crippen LogP contribution is 2.20. The number of carbonyl (C=O) groups excluding carboxylic acids is 1. The van der Waals surface area contributed by atoms with Gasteiger partial charge in [0.05, 0.1) is 19.3 Å². The lowest BCUT2D eigenvalue weighted by Crippen LogP contribution is -2.33. The first kappa shape index (κ1) is 11.6. The number of benzene rings is 1. The van der Waals surface area contributed by atoms with Crippen LogP contribution in [0.4, 0.5) is 0 Å². The van der Waals surface area contributed by atoms with Crippen molar-refractivity contribution >= 4 is 5.91 Å². The summed E-state index contributed by atoms with van der Waals surface area (Å²) >= 11 is 0. The fraction of sp³-hybridized carbons (Fsp3) is 0.385. The molecule has 0 saturated heterocycles. The van der Waals surface area contributed by atoms with E-state index in [1.807, 2.05) is 25.1 Å². The third kappa shape index (κ3) is 2.45. The van der Waals surface area contributed by atoms with Crippen LogP contribution in [0.1, 0.15) is 34.8 Å². The molecule has 1 aliphatic heterocycles. The van der Waals surface area contributed by atoms with Crippen LogP contribution in [0.5, 0.6) is 0 Å². The number of hydrogen-bond donors (Lipinski definition) is 1. The number of nitriles is 1. The monoisotopic (exact) mass is 230 g/mol. The van der Waals surface area contributed by atoms with Crippen molar-refractivity contribution in [3.63, 3.8) is 0 Å². The van der Waals surface area contributed by atoms with Gasteiger partial charge in [-0.3, -0.25) is 4.79 Å². The number of nitrogens with one attached hydrogen (secondary N) is 1. The molecule has 1 aliphatic rings. The van der Waals surface area contributed by atoms with Gasteiger partial charge in [0.25, 0.3) is 5.91 Å². The van der Waals surface area contributed by atoms with Crippen LogP contribution in [0.25, 0.3) is 0 Å². The number of rotatable bonds is 3. The predicted molar refractivity (Wildman–Crippen MR) is 62.1 cm³/mol. The van der Waals surface area contributed by atoms with Gasteiger partial charge in [-0.2, -0.15) is 5.26 Å². The van der Waals surface area contributed by atoms with E-state index in [-0.39, 0.29) is 5.91 Å². The van der Waals surface area contributed by atoms with E-state index >= 15 is 0 Å². The van der Waals surface area contributed by atoms with E-state index in [1.165, 1.54) is 0 Å². The predicted octanol–water partition coefficient (Wildman–Crippen LogP) is 1.75. The SMILES string of the molecule is CCC(C#N)NC(=O)c1ccc2c(c1)COC2. The van der Waals surface area contributed by atoms with Gasteiger partial charge < -0.3 is 10.1 Å². The van der Waals surface area contributed by atoms with Gasteiger partial charge in [0.1, 0.15) is 6.04 Å². The standard InChI is InChI=1S/C13H14N2O2/c1-2-12(6-14)15-13(16)9-3-4-10-7-17-8-11(10)5-9/h3-5,12H,2,7-8H2,1H3,(H,15,16). The van der Waals surface area contributed by atoms with Crippen molar-refractivity contribution < 1.29 is 9.53 Å². The number of hydrogen-bond acceptors (Lipinski definition) is 3. The topological polar surface area (TPSA) is 62.1 Å². The molecule has 0 saturated carbocycles. The van der Waals surface area contributed by atoms with Crippen molar-refractivity contribution in [3.05, 3.63) is 34.9 Å². The Kier molecular flexibility index (Phi) is 3.40. The molecule has 1 N–H and O–H groups in total. The Bertz CT molecular complexity index is 477. The summed E-state index contributed by atoms with van der Waals surface area (Å²) in [6, 6.07) is 7.14. The molecule has 2 rings (SSSR count). The lowest BCUT2D eigenvalue weighted by Gasteiger charge is -2.09. The molecule has 0 bridgehead atoms. The van der Waals surface area contributed by atoms with Crippen LogP contribution in [0.2, 0.25) is 0 Å². The molecule has 17 heavy (non-hydrogen) atoms. The minimum atomic E-state index is -0.424. The molecule has 1 aromatic rings. The minimum Gasteiger partial charge on any atom is -0.372 e.